The Labute approximate surface area is 142 Å². The second-order valence-electron chi connectivity index (χ2n) is 5.15. The second-order valence-corrected chi connectivity index (χ2v) is 5.15. The van der Waals surface area contributed by atoms with Crippen molar-refractivity contribution in [2.24, 2.45) is 0 Å². The highest BCUT2D eigenvalue weighted by Gasteiger charge is 2.18. The van der Waals surface area contributed by atoms with Gasteiger partial charge < -0.3 is 15.5 Å². The van der Waals surface area contributed by atoms with Gasteiger partial charge >= 0.3 is 5.69 Å². The number of amides is 1. The number of nitro benzene ring substituents is 1. The van der Waals surface area contributed by atoms with E-state index in [1.165, 1.54) is 0 Å². The minimum absolute atomic E-state index is 0.138. The number of aromatic hydroxyl groups is 2. The van der Waals surface area contributed by atoms with Crippen LogP contribution in [0.3, 0.4) is 0 Å². The van der Waals surface area contributed by atoms with Crippen molar-refractivity contribution in [1.29, 1.82) is 5.26 Å². The molecule has 0 unspecified atom stereocenters. The number of hydrogen-bond donors (Lipinski definition) is 3. The summed E-state index contributed by atoms with van der Waals surface area (Å²) in [5.74, 6) is -1.95. The number of nitriles is 1. The van der Waals surface area contributed by atoms with Crippen LogP contribution in [-0.2, 0) is 4.79 Å². The number of anilines is 1. The lowest BCUT2D eigenvalue weighted by molar-refractivity contribution is -0.385. The van der Waals surface area contributed by atoms with E-state index in [0.717, 1.165) is 23.8 Å². The van der Waals surface area contributed by atoms with Crippen LogP contribution in [0, 0.1) is 28.4 Å². The van der Waals surface area contributed by atoms with Crippen molar-refractivity contribution in [2.75, 3.05) is 5.32 Å². The number of aryl methyl sites for hydroxylation is 1. The zero-order chi connectivity index (χ0) is 18.6. The van der Waals surface area contributed by atoms with Gasteiger partial charge in [0.25, 0.3) is 5.91 Å². The first-order valence-corrected chi connectivity index (χ1v) is 7.02. The van der Waals surface area contributed by atoms with Crippen LogP contribution in [0.15, 0.2) is 42.0 Å². The van der Waals surface area contributed by atoms with Gasteiger partial charge in [-0.2, -0.15) is 5.26 Å². The molecule has 2 aromatic carbocycles. The highest BCUT2D eigenvalue weighted by atomic mass is 16.6. The third kappa shape index (κ3) is 4.11. The number of carbonyl (C=O) groups excluding carboxylic acids is 1. The van der Waals surface area contributed by atoms with Crippen molar-refractivity contribution in [3.05, 3.63) is 63.2 Å². The van der Waals surface area contributed by atoms with E-state index in [2.05, 4.69) is 5.32 Å². The van der Waals surface area contributed by atoms with Gasteiger partial charge in [-0.15, -0.1) is 0 Å². The first-order valence-electron chi connectivity index (χ1n) is 7.02. The van der Waals surface area contributed by atoms with Crippen molar-refractivity contribution in [2.45, 2.75) is 6.92 Å². The minimum Gasteiger partial charge on any atom is -0.507 e. The zero-order valence-electron chi connectivity index (χ0n) is 13.1. The third-order valence-electron chi connectivity index (χ3n) is 3.26. The van der Waals surface area contributed by atoms with Gasteiger partial charge in [0.1, 0.15) is 17.4 Å². The average molecular weight is 339 g/mol. The van der Waals surface area contributed by atoms with Crippen LogP contribution in [0.1, 0.15) is 11.1 Å². The normalized spacial score (nSPS) is 10.8. The van der Waals surface area contributed by atoms with E-state index in [4.69, 9.17) is 0 Å². The fraction of sp³-hybridized carbons (Fsp3) is 0.0588. The highest BCUT2D eigenvalue weighted by Crippen LogP contribution is 2.34. The number of phenols is 2. The third-order valence-corrected chi connectivity index (χ3v) is 3.26. The molecule has 0 fully saturated rings. The molecule has 8 nitrogen and oxygen atoms in total. The van der Waals surface area contributed by atoms with Crippen LogP contribution in [-0.4, -0.2) is 21.0 Å². The maximum Gasteiger partial charge on any atom is 0.311 e. The van der Waals surface area contributed by atoms with Gasteiger partial charge in [0.05, 0.1) is 4.92 Å². The number of phenolic OH excluding ortho intramolecular Hbond substituents is 2. The van der Waals surface area contributed by atoms with E-state index in [0.29, 0.717) is 5.69 Å². The van der Waals surface area contributed by atoms with E-state index >= 15 is 0 Å². The van der Waals surface area contributed by atoms with Gasteiger partial charge in [0.2, 0.25) is 0 Å². The summed E-state index contributed by atoms with van der Waals surface area (Å²) in [6.45, 7) is 1.84. The Bertz CT molecular complexity index is 928. The number of nitro groups is 1. The van der Waals surface area contributed by atoms with Gasteiger partial charge in [-0.25, -0.2) is 0 Å². The molecule has 0 radical (unpaired) electrons. The summed E-state index contributed by atoms with van der Waals surface area (Å²) >= 11 is 0. The Morgan fingerprint density at radius 3 is 2.60 bits per heavy atom. The van der Waals surface area contributed by atoms with E-state index in [-0.39, 0.29) is 11.1 Å². The number of nitrogens with one attached hydrogen (secondary N) is 1. The molecule has 0 aliphatic heterocycles. The minimum atomic E-state index is -0.842. The fourth-order valence-corrected chi connectivity index (χ4v) is 2.07. The molecule has 0 bridgehead atoms. The maximum atomic E-state index is 12.2. The van der Waals surface area contributed by atoms with Gasteiger partial charge in [-0.1, -0.05) is 12.1 Å². The predicted molar refractivity (Wildman–Crippen MR) is 89.8 cm³/mol. The smallest absolute Gasteiger partial charge is 0.311 e. The highest BCUT2D eigenvalue weighted by molar-refractivity contribution is 6.09. The molecule has 2 rings (SSSR count). The quantitative estimate of drug-likeness (QED) is 0.339. The number of carbonyl (C=O) groups is 1. The Kier molecular flexibility index (Phi) is 5.00. The number of rotatable bonds is 4. The number of hydrogen-bond acceptors (Lipinski definition) is 6. The Hall–Kier alpha value is -3.86. The first kappa shape index (κ1) is 17.5. The van der Waals surface area contributed by atoms with Crippen LogP contribution in [0.25, 0.3) is 6.08 Å². The van der Waals surface area contributed by atoms with E-state index in [1.54, 1.807) is 24.3 Å². The van der Waals surface area contributed by atoms with E-state index < -0.39 is 28.0 Å². The lowest BCUT2D eigenvalue weighted by Crippen LogP contribution is -2.13. The lowest BCUT2D eigenvalue weighted by Gasteiger charge is -2.06. The molecule has 8 heteroatoms. The summed E-state index contributed by atoms with van der Waals surface area (Å²) in [6, 6.07) is 10.2. The Morgan fingerprint density at radius 2 is 2.00 bits per heavy atom. The largest absolute Gasteiger partial charge is 0.507 e. The number of benzene rings is 2. The molecule has 0 spiro atoms. The van der Waals surface area contributed by atoms with Crippen LogP contribution in [0.4, 0.5) is 11.4 Å². The molecule has 0 aliphatic rings. The molecule has 126 valence electrons. The molecule has 0 saturated carbocycles. The number of nitrogens with zero attached hydrogens (tertiary/aromatic N) is 2. The van der Waals surface area contributed by atoms with Crippen LogP contribution in [0.2, 0.25) is 0 Å². The van der Waals surface area contributed by atoms with Crippen molar-refractivity contribution >= 4 is 23.4 Å². The summed E-state index contributed by atoms with van der Waals surface area (Å²) in [5, 5.41) is 41.8. The molecule has 1 amide bonds. The summed E-state index contributed by atoms with van der Waals surface area (Å²) in [6.07, 6.45) is 1.01. The molecule has 0 atom stereocenters. The van der Waals surface area contributed by atoms with Gasteiger partial charge in [-0.05, 0) is 30.7 Å². The van der Waals surface area contributed by atoms with E-state index in [9.17, 15) is 30.4 Å². The molecule has 0 aliphatic carbocycles. The van der Waals surface area contributed by atoms with Crippen molar-refractivity contribution in [3.63, 3.8) is 0 Å². The molecule has 25 heavy (non-hydrogen) atoms. The molecule has 3 N–H and O–H groups in total. The first-order chi connectivity index (χ1) is 11.8. The molecule has 0 heterocycles. The SMILES string of the molecule is Cc1cccc(NC(=O)/C(C#N)=C\c2cc([N+](=O)[O-])c(O)cc2O)c1. The van der Waals surface area contributed by atoms with Crippen molar-refractivity contribution in [1.82, 2.24) is 0 Å². The fourth-order valence-electron chi connectivity index (χ4n) is 2.07. The molecule has 0 saturated heterocycles. The predicted octanol–water partition coefficient (Wildman–Crippen LogP) is 2.86. The van der Waals surface area contributed by atoms with Crippen LogP contribution in [0.5, 0.6) is 11.5 Å². The lowest BCUT2D eigenvalue weighted by atomic mass is 10.1. The summed E-state index contributed by atoms with van der Waals surface area (Å²) in [5.41, 5.74) is 0.233. The Morgan fingerprint density at radius 1 is 1.28 bits per heavy atom. The summed E-state index contributed by atoms with van der Waals surface area (Å²) in [7, 11) is 0. The molecular formula is C17H13N3O5. The van der Waals surface area contributed by atoms with Crippen LogP contribution < -0.4 is 5.32 Å². The van der Waals surface area contributed by atoms with Gasteiger partial charge in [0, 0.05) is 23.4 Å². The van der Waals surface area contributed by atoms with Gasteiger partial charge in [-0.3, -0.25) is 14.9 Å². The topological polar surface area (TPSA) is 136 Å². The van der Waals surface area contributed by atoms with Crippen molar-refractivity contribution < 1.29 is 19.9 Å². The monoisotopic (exact) mass is 339 g/mol. The molecular weight excluding hydrogens is 326 g/mol. The standard InChI is InChI=1S/C17H13N3O5/c1-10-3-2-4-13(5-10)19-17(23)12(9-18)6-11-7-14(20(24)25)16(22)8-15(11)21/h2-8,21-22H,1H3,(H,19,23)/b12-6-. The molecule has 0 aromatic heterocycles. The van der Waals surface area contributed by atoms with Crippen molar-refractivity contribution in [3.8, 4) is 17.6 Å². The molecule has 2 aromatic rings. The van der Waals surface area contributed by atoms with Gasteiger partial charge in [0.15, 0.2) is 5.75 Å². The van der Waals surface area contributed by atoms with Crippen LogP contribution >= 0.6 is 0 Å². The van der Waals surface area contributed by atoms with E-state index in [1.807, 2.05) is 13.0 Å². The second kappa shape index (κ2) is 7.14. The average Bonchev–Trinajstić information content (AvgIpc) is 2.53. The summed E-state index contributed by atoms with van der Waals surface area (Å²) in [4.78, 5) is 22.2. The Balaban J connectivity index is 2.37. The summed E-state index contributed by atoms with van der Waals surface area (Å²) < 4.78 is 0. The zero-order valence-corrected chi connectivity index (χ0v) is 13.1. The maximum absolute atomic E-state index is 12.2.